The maximum absolute atomic E-state index is 13.9. The van der Waals surface area contributed by atoms with E-state index in [2.05, 4.69) is 31.0 Å². The maximum Gasteiger partial charge on any atom is 0.251 e. The summed E-state index contributed by atoms with van der Waals surface area (Å²) in [5, 5.41) is 3.00. The van der Waals surface area contributed by atoms with Gasteiger partial charge in [0.05, 0.1) is 12.1 Å². The SMILES string of the molecule is CC1CCC(NC(=O)c2ccc(C#CCN)c(F)c2)C1C. The van der Waals surface area contributed by atoms with Crippen LogP contribution in [0.1, 0.15) is 42.6 Å². The molecule has 1 aromatic rings. The Bertz CT molecular complexity index is 588. The smallest absolute Gasteiger partial charge is 0.251 e. The molecule has 1 fully saturated rings. The zero-order chi connectivity index (χ0) is 15.4. The zero-order valence-corrected chi connectivity index (χ0v) is 12.4. The van der Waals surface area contributed by atoms with Crippen molar-refractivity contribution < 1.29 is 9.18 Å². The van der Waals surface area contributed by atoms with E-state index in [1.54, 1.807) is 6.07 Å². The quantitative estimate of drug-likeness (QED) is 0.820. The lowest BCUT2D eigenvalue weighted by atomic mass is 9.97. The summed E-state index contributed by atoms with van der Waals surface area (Å²) in [5.74, 6) is 5.59. The van der Waals surface area contributed by atoms with Gasteiger partial charge in [-0.1, -0.05) is 25.7 Å². The molecule has 4 heteroatoms. The normalized spacial score (nSPS) is 24.3. The molecule has 0 aliphatic heterocycles. The molecule has 3 nitrogen and oxygen atoms in total. The molecule has 0 heterocycles. The van der Waals surface area contributed by atoms with Gasteiger partial charge in [0.2, 0.25) is 0 Å². The van der Waals surface area contributed by atoms with E-state index >= 15 is 0 Å². The first kappa shape index (κ1) is 15.5. The first-order valence-electron chi connectivity index (χ1n) is 7.32. The minimum atomic E-state index is -0.489. The molecule has 2 rings (SSSR count). The van der Waals surface area contributed by atoms with E-state index in [1.165, 1.54) is 12.1 Å². The lowest BCUT2D eigenvalue weighted by Gasteiger charge is -2.19. The highest BCUT2D eigenvalue weighted by atomic mass is 19.1. The molecule has 0 spiro atoms. The summed E-state index contributed by atoms with van der Waals surface area (Å²) in [6.07, 6.45) is 2.10. The van der Waals surface area contributed by atoms with Gasteiger partial charge < -0.3 is 11.1 Å². The van der Waals surface area contributed by atoms with Crippen molar-refractivity contribution in [2.45, 2.75) is 32.7 Å². The average molecular weight is 288 g/mol. The number of rotatable bonds is 2. The summed E-state index contributed by atoms with van der Waals surface area (Å²) in [5.41, 5.74) is 5.85. The summed E-state index contributed by atoms with van der Waals surface area (Å²) >= 11 is 0. The van der Waals surface area contributed by atoms with E-state index in [0.717, 1.165) is 12.8 Å². The van der Waals surface area contributed by atoms with Crippen LogP contribution >= 0.6 is 0 Å². The molecule has 1 aliphatic carbocycles. The van der Waals surface area contributed by atoms with Gasteiger partial charge >= 0.3 is 0 Å². The van der Waals surface area contributed by atoms with E-state index in [4.69, 9.17) is 5.73 Å². The number of nitrogens with two attached hydrogens (primary N) is 1. The van der Waals surface area contributed by atoms with Crippen LogP contribution in [0.2, 0.25) is 0 Å². The van der Waals surface area contributed by atoms with Crippen molar-refractivity contribution in [1.82, 2.24) is 5.32 Å². The average Bonchev–Trinajstić information content (AvgIpc) is 2.78. The second kappa shape index (κ2) is 6.73. The minimum Gasteiger partial charge on any atom is -0.349 e. The number of benzene rings is 1. The molecular weight excluding hydrogens is 267 g/mol. The summed E-state index contributed by atoms with van der Waals surface area (Å²) in [4.78, 5) is 12.2. The Morgan fingerprint density at radius 3 is 2.76 bits per heavy atom. The number of carbonyl (C=O) groups excluding carboxylic acids is 1. The molecule has 3 atom stereocenters. The van der Waals surface area contributed by atoms with Crippen molar-refractivity contribution in [3.05, 3.63) is 35.1 Å². The van der Waals surface area contributed by atoms with E-state index < -0.39 is 5.82 Å². The Morgan fingerprint density at radius 1 is 1.43 bits per heavy atom. The molecule has 0 saturated heterocycles. The summed E-state index contributed by atoms with van der Waals surface area (Å²) in [6.45, 7) is 4.52. The molecule has 112 valence electrons. The van der Waals surface area contributed by atoms with Gasteiger partial charge in [0.15, 0.2) is 0 Å². The van der Waals surface area contributed by atoms with Crippen molar-refractivity contribution >= 4 is 5.91 Å². The fourth-order valence-corrected chi connectivity index (χ4v) is 2.72. The number of halogens is 1. The van der Waals surface area contributed by atoms with Crippen LogP contribution in [-0.4, -0.2) is 18.5 Å². The van der Waals surface area contributed by atoms with Crippen LogP contribution in [0.5, 0.6) is 0 Å². The van der Waals surface area contributed by atoms with Crippen LogP contribution in [0.4, 0.5) is 4.39 Å². The van der Waals surface area contributed by atoms with Crippen LogP contribution in [0.25, 0.3) is 0 Å². The van der Waals surface area contributed by atoms with Gasteiger partial charge in [-0.3, -0.25) is 4.79 Å². The van der Waals surface area contributed by atoms with Crippen molar-refractivity contribution in [3.63, 3.8) is 0 Å². The third kappa shape index (κ3) is 3.62. The number of nitrogens with one attached hydrogen (secondary N) is 1. The van der Waals surface area contributed by atoms with E-state index in [1.807, 2.05) is 0 Å². The van der Waals surface area contributed by atoms with E-state index in [9.17, 15) is 9.18 Å². The highest BCUT2D eigenvalue weighted by Crippen LogP contribution is 2.31. The first-order valence-corrected chi connectivity index (χ1v) is 7.32. The van der Waals surface area contributed by atoms with Gasteiger partial charge in [-0.25, -0.2) is 4.39 Å². The molecular formula is C17H21FN2O. The molecule has 0 radical (unpaired) electrons. The van der Waals surface area contributed by atoms with Gasteiger partial charge in [0.25, 0.3) is 5.91 Å². The van der Waals surface area contributed by atoms with Gasteiger partial charge in [-0.15, -0.1) is 0 Å². The Kier molecular flexibility index (Phi) is 4.98. The summed E-state index contributed by atoms with van der Waals surface area (Å²) < 4.78 is 13.9. The minimum absolute atomic E-state index is 0.173. The number of carbonyl (C=O) groups is 1. The van der Waals surface area contributed by atoms with E-state index in [-0.39, 0.29) is 24.1 Å². The van der Waals surface area contributed by atoms with Gasteiger partial charge in [0, 0.05) is 11.6 Å². The molecule has 0 bridgehead atoms. The monoisotopic (exact) mass is 288 g/mol. The Labute approximate surface area is 125 Å². The standard InChI is InChI=1S/C17H21FN2O/c1-11-5-8-16(12(11)2)20-17(21)14-7-6-13(4-3-9-19)15(18)10-14/h6-7,10-12,16H,5,8-9,19H2,1-2H3,(H,20,21). The first-order chi connectivity index (χ1) is 10.0. The van der Waals surface area contributed by atoms with Crippen LogP contribution in [0.15, 0.2) is 18.2 Å². The number of hydrogen-bond donors (Lipinski definition) is 2. The topological polar surface area (TPSA) is 55.1 Å². The van der Waals surface area contributed by atoms with Gasteiger partial charge in [-0.05, 0) is 42.9 Å². The highest BCUT2D eigenvalue weighted by molar-refractivity contribution is 5.94. The largest absolute Gasteiger partial charge is 0.349 e. The number of hydrogen-bond acceptors (Lipinski definition) is 2. The molecule has 1 amide bonds. The van der Waals surface area contributed by atoms with Crippen LogP contribution in [0, 0.1) is 29.5 Å². The van der Waals surface area contributed by atoms with Gasteiger partial charge in [0.1, 0.15) is 5.82 Å². The Balaban J connectivity index is 2.08. The van der Waals surface area contributed by atoms with Gasteiger partial charge in [-0.2, -0.15) is 0 Å². The molecule has 1 aliphatic rings. The zero-order valence-electron chi connectivity index (χ0n) is 12.4. The lowest BCUT2D eigenvalue weighted by Crippen LogP contribution is -2.37. The molecule has 0 aromatic heterocycles. The van der Waals surface area contributed by atoms with Crippen molar-refractivity contribution in [2.24, 2.45) is 17.6 Å². The lowest BCUT2D eigenvalue weighted by molar-refractivity contribution is 0.0927. The molecule has 1 aromatic carbocycles. The van der Waals surface area contributed by atoms with Crippen LogP contribution in [0.3, 0.4) is 0 Å². The van der Waals surface area contributed by atoms with Crippen molar-refractivity contribution in [1.29, 1.82) is 0 Å². The second-order valence-electron chi connectivity index (χ2n) is 5.69. The summed E-state index contributed by atoms with van der Waals surface area (Å²) in [6, 6.07) is 4.53. The fraction of sp³-hybridized carbons (Fsp3) is 0.471. The Hall–Kier alpha value is -1.86. The molecule has 3 N–H and O–H groups in total. The molecule has 21 heavy (non-hydrogen) atoms. The molecule has 1 saturated carbocycles. The van der Waals surface area contributed by atoms with E-state index in [0.29, 0.717) is 17.4 Å². The third-order valence-electron chi connectivity index (χ3n) is 4.34. The number of amides is 1. The molecule has 3 unspecified atom stereocenters. The van der Waals surface area contributed by atoms with Crippen molar-refractivity contribution in [3.8, 4) is 11.8 Å². The maximum atomic E-state index is 13.9. The predicted molar refractivity (Wildman–Crippen MR) is 81.1 cm³/mol. The second-order valence-corrected chi connectivity index (χ2v) is 5.69. The Morgan fingerprint density at radius 2 is 2.19 bits per heavy atom. The highest BCUT2D eigenvalue weighted by Gasteiger charge is 2.30. The predicted octanol–water partition coefficient (Wildman–Crippen LogP) is 2.30. The third-order valence-corrected chi connectivity index (χ3v) is 4.34. The van der Waals surface area contributed by atoms with Crippen LogP contribution < -0.4 is 11.1 Å². The summed E-state index contributed by atoms with van der Waals surface area (Å²) in [7, 11) is 0. The van der Waals surface area contributed by atoms with Crippen LogP contribution in [-0.2, 0) is 0 Å². The van der Waals surface area contributed by atoms with Crippen molar-refractivity contribution in [2.75, 3.05) is 6.54 Å². The fourth-order valence-electron chi connectivity index (χ4n) is 2.72.